The first-order chi connectivity index (χ1) is 6.34. The molecule has 0 atom stereocenters. The van der Waals surface area contributed by atoms with Crippen LogP contribution in [0.5, 0.6) is 0 Å². The van der Waals surface area contributed by atoms with Crippen molar-refractivity contribution in [1.29, 1.82) is 0 Å². The van der Waals surface area contributed by atoms with Crippen molar-refractivity contribution in [1.82, 2.24) is 0 Å². The summed E-state index contributed by atoms with van der Waals surface area (Å²) in [5, 5.41) is 13.9. The summed E-state index contributed by atoms with van der Waals surface area (Å²) in [5.74, 6) is 1.00. The molecule has 1 fully saturated rings. The van der Waals surface area contributed by atoms with Crippen molar-refractivity contribution in [2.24, 2.45) is 11.3 Å². The first kappa shape index (κ1) is 13.3. The molecule has 0 aromatic heterocycles. The molecule has 0 saturated heterocycles. The maximum atomic E-state index is 8.56. The molecule has 3 heteroatoms. The quantitative estimate of drug-likeness (QED) is 0.627. The van der Waals surface area contributed by atoms with E-state index in [4.69, 9.17) is 15.0 Å². The van der Waals surface area contributed by atoms with Crippen molar-refractivity contribution in [3.63, 3.8) is 0 Å². The van der Waals surface area contributed by atoms with E-state index < -0.39 is 6.16 Å². The molecule has 0 aliphatic heterocycles. The normalized spacial score (nSPS) is 18.2. The zero-order valence-corrected chi connectivity index (χ0v) is 9.42. The minimum atomic E-state index is -1.83. The van der Waals surface area contributed by atoms with Crippen molar-refractivity contribution in [2.45, 2.75) is 52.9 Å². The molecule has 84 valence electrons. The van der Waals surface area contributed by atoms with Crippen LogP contribution in [0.25, 0.3) is 0 Å². The van der Waals surface area contributed by atoms with Gasteiger partial charge in [0.1, 0.15) is 0 Å². The molecule has 0 spiro atoms. The second-order valence-electron chi connectivity index (χ2n) is 4.98. The smallest absolute Gasteiger partial charge is 0.450 e. The van der Waals surface area contributed by atoms with Gasteiger partial charge in [-0.05, 0) is 24.2 Å². The predicted octanol–water partition coefficient (Wildman–Crippen LogP) is 3.84. The maximum absolute atomic E-state index is 8.56. The lowest BCUT2D eigenvalue weighted by Crippen LogP contribution is -2.22. The Morgan fingerprint density at radius 3 is 1.64 bits per heavy atom. The van der Waals surface area contributed by atoms with Gasteiger partial charge in [0.25, 0.3) is 0 Å². The molecule has 3 nitrogen and oxygen atoms in total. The highest BCUT2D eigenvalue weighted by Gasteiger charge is 2.25. The minimum Gasteiger partial charge on any atom is -0.450 e. The SMILES string of the molecule is CC(C)(C)C1CCCCC1.O=C(O)O. The molecule has 0 unspecified atom stereocenters. The van der Waals surface area contributed by atoms with Crippen molar-refractivity contribution < 1.29 is 15.0 Å². The van der Waals surface area contributed by atoms with Gasteiger partial charge in [0.15, 0.2) is 0 Å². The van der Waals surface area contributed by atoms with Crippen LogP contribution in [-0.4, -0.2) is 16.4 Å². The van der Waals surface area contributed by atoms with Crippen LogP contribution in [0.15, 0.2) is 0 Å². The summed E-state index contributed by atoms with van der Waals surface area (Å²) in [4.78, 5) is 8.56. The summed E-state index contributed by atoms with van der Waals surface area (Å²) in [6.07, 6.45) is 5.55. The van der Waals surface area contributed by atoms with Gasteiger partial charge in [-0.3, -0.25) is 0 Å². The topological polar surface area (TPSA) is 57.5 Å². The number of hydrogen-bond donors (Lipinski definition) is 2. The van der Waals surface area contributed by atoms with Gasteiger partial charge in [-0.25, -0.2) is 4.79 Å². The van der Waals surface area contributed by atoms with Gasteiger partial charge in [-0.15, -0.1) is 0 Å². The van der Waals surface area contributed by atoms with Crippen LogP contribution in [0.2, 0.25) is 0 Å². The summed E-state index contributed by atoms with van der Waals surface area (Å²) in [5.41, 5.74) is 0.570. The molecule has 0 bridgehead atoms. The Morgan fingerprint density at radius 1 is 1.07 bits per heavy atom. The largest absolute Gasteiger partial charge is 0.503 e. The molecule has 0 radical (unpaired) electrons. The van der Waals surface area contributed by atoms with E-state index in [1.165, 1.54) is 32.1 Å². The van der Waals surface area contributed by atoms with Gasteiger partial charge in [-0.1, -0.05) is 40.0 Å². The van der Waals surface area contributed by atoms with Crippen molar-refractivity contribution >= 4 is 6.16 Å². The summed E-state index contributed by atoms with van der Waals surface area (Å²) < 4.78 is 0. The van der Waals surface area contributed by atoms with E-state index in [1.54, 1.807) is 0 Å². The lowest BCUT2D eigenvalue weighted by Gasteiger charge is -2.33. The predicted molar refractivity (Wildman–Crippen MR) is 56.7 cm³/mol. The maximum Gasteiger partial charge on any atom is 0.503 e. The van der Waals surface area contributed by atoms with Gasteiger partial charge >= 0.3 is 6.16 Å². The number of hydrogen-bond acceptors (Lipinski definition) is 1. The third kappa shape index (κ3) is 6.75. The lowest BCUT2D eigenvalue weighted by molar-refractivity contribution is 0.137. The standard InChI is InChI=1S/C10H20.CH2O3/c1-10(2,3)9-7-5-4-6-8-9;2-1(3)4/h9H,4-8H2,1-3H3;(H2,2,3,4). The highest BCUT2D eigenvalue weighted by Crippen LogP contribution is 2.37. The van der Waals surface area contributed by atoms with Gasteiger partial charge < -0.3 is 10.2 Å². The molecule has 0 aromatic carbocycles. The van der Waals surface area contributed by atoms with Crippen LogP contribution < -0.4 is 0 Å². The summed E-state index contributed by atoms with van der Waals surface area (Å²) in [6, 6.07) is 0. The molecular formula is C11H22O3. The van der Waals surface area contributed by atoms with Crippen molar-refractivity contribution in [3.8, 4) is 0 Å². The van der Waals surface area contributed by atoms with Gasteiger partial charge in [0, 0.05) is 0 Å². The molecule has 0 heterocycles. The van der Waals surface area contributed by atoms with Gasteiger partial charge in [-0.2, -0.15) is 0 Å². The Morgan fingerprint density at radius 2 is 1.43 bits per heavy atom. The first-order valence-corrected chi connectivity index (χ1v) is 5.26. The fourth-order valence-electron chi connectivity index (χ4n) is 1.97. The first-order valence-electron chi connectivity index (χ1n) is 5.26. The molecule has 1 rings (SSSR count). The van der Waals surface area contributed by atoms with Crippen LogP contribution in [-0.2, 0) is 0 Å². The Kier molecular flexibility index (Phi) is 5.58. The fourth-order valence-corrected chi connectivity index (χ4v) is 1.97. The molecule has 1 aliphatic rings. The molecule has 14 heavy (non-hydrogen) atoms. The Balaban J connectivity index is 0.000000364. The number of carbonyl (C=O) groups is 1. The second kappa shape index (κ2) is 5.89. The van der Waals surface area contributed by atoms with Crippen LogP contribution in [0.4, 0.5) is 4.79 Å². The van der Waals surface area contributed by atoms with Crippen LogP contribution >= 0.6 is 0 Å². The average molecular weight is 202 g/mol. The monoisotopic (exact) mass is 202 g/mol. The van der Waals surface area contributed by atoms with E-state index in [9.17, 15) is 0 Å². The highest BCUT2D eigenvalue weighted by atomic mass is 16.6. The van der Waals surface area contributed by atoms with E-state index in [0.717, 1.165) is 5.92 Å². The van der Waals surface area contributed by atoms with E-state index in [0.29, 0.717) is 5.41 Å². The summed E-state index contributed by atoms with van der Waals surface area (Å²) in [6.45, 7) is 7.13. The van der Waals surface area contributed by atoms with Gasteiger partial charge in [0.2, 0.25) is 0 Å². The average Bonchev–Trinajstić information content (AvgIpc) is 2.03. The van der Waals surface area contributed by atoms with E-state index in [-0.39, 0.29) is 0 Å². The highest BCUT2D eigenvalue weighted by molar-refractivity contribution is 5.53. The number of rotatable bonds is 0. The number of carboxylic acid groups (broad SMARTS) is 2. The van der Waals surface area contributed by atoms with Crippen molar-refractivity contribution in [2.75, 3.05) is 0 Å². The zero-order valence-electron chi connectivity index (χ0n) is 9.42. The van der Waals surface area contributed by atoms with Gasteiger partial charge in [0.05, 0.1) is 0 Å². The second-order valence-corrected chi connectivity index (χ2v) is 4.98. The molecule has 2 N–H and O–H groups in total. The Labute approximate surface area is 86.1 Å². The Bertz CT molecular complexity index is 160. The zero-order chi connectivity index (χ0) is 11.2. The minimum absolute atomic E-state index is 0.570. The Hall–Kier alpha value is -0.730. The van der Waals surface area contributed by atoms with Crippen molar-refractivity contribution in [3.05, 3.63) is 0 Å². The van der Waals surface area contributed by atoms with Crippen LogP contribution in [0, 0.1) is 11.3 Å². The molecule has 1 saturated carbocycles. The molecule has 1 aliphatic carbocycles. The molecule has 0 aromatic rings. The summed E-state index contributed by atoms with van der Waals surface area (Å²) in [7, 11) is 0. The third-order valence-corrected chi connectivity index (χ3v) is 2.83. The summed E-state index contributed by atoms with van der Waals surface area (Å²) >= 11 is 0. The van der Waals surface area contributed by atoms with E-state index >= 15 is 0 Å². The van der Waals surface area contributed by atoms with E-state index in [2.05, 4.69) is 20.8 Å². The van der Waals surface area contributed by atoms with Crippen LogP contribution in [0.1, 0.15) is 52.9 Å². The van der Waals surface area contributed by atoms with E-state index in [1.807, 2.05) is 0 Å². The molecular weight excluding hydrogens is 180 g/mol. The third-order valence-electron chi connectivity index (χ3n) is 2.83. The van der Waals surface area contributed by atoms with Crippen LogP contribution in [0.3, 0.4) is 0 Å². The molecule has 0 amide bonds. The lowest BCUT2D eigenvalue weighted by atomic mass is 9.72. The fraction of sp³-hybridized carbons (Fsp3) is 0.909.